The van der Waals surface area contributed by atoms with Gasteiger partial charge in [0.05, 0.1) is 6.61 Å². The summed E-state index contributed by atoms with van der Waals surface area (Å²) in [5.41, 5.74) is 0.520. The predicted molar refractivity (Wildman–Crippen MR) is 111 cm³/mol. The molecule has 0 bridgehead atoms. The molecule has 2 rings (SSSR count). The van der Waals surface area contributed by atoms with Crippen LogP contribution in [0.2, 0.25) is 0 Å². The third kappa shape index (κ3) is 7.16. The second kappa shape index (κ2) is 11.6. The zero-order valence-electron chi connectivity index (χ0n) is 17.6. The number of carbonyl (C=O) groups is 3. The molecule has 1 aromatic carbocycles. The highest BCUT2D eigenvalue weighted by Gasteiger charge is 2.33. The molecule has 2 N–H and O–H groups in total. The summed E-state index contributed by atoms with van der Waals surface area (Å²) >= 11 is 0. The molecular formula is C22H33N3O4. The summed E-state index contributed by atoms with van der Waals surface area (Å²) in [5.74, 6) is -0.0139. The summed E-state index contributed by atoms with van der Waals surface area (Å²) in [5, 5.41) is 5.75. The van der Waals surface area contributed by atoms with Gasteiger partial charge in [0, 0.05) is 38.7 Å². The van der Waals surface area contributed by atoms with Crippen molar-refractivity contribution >= 4 is 17.7 Å². The van der Waals surface area contributed by atoms with Crippen molar-refractivity contribution in [1.82, 2.24) is 15.5 Å². The van der Waals surface area contributed by atoms with E-state index in [-0.39, 0.29) is 23.6 Å². The number of nitrogens with zero attached hydrogens (tertiary/aromatic N) is 1. The molecule has 1 fully saturated rings. The van der Waals surface area contributed by atoms with Crippen molar-refractivity contribution in [3.05, 3.63) is 35.9 Å². The quantitative estimate of drug-likeness (QED) is 0.616. The maximum absolute atomic E-state index is 12.8. The van der Waals surface area contributed by atoms with Crippen LogP contribution in [0.25, 0.3) is 0 Å². The lowest BCUT2D eigenvalue weighted by Crippen LogP contribution is -2.54. The second-order valence-corrected chi connectivity index (χ2v) is 7.92. The number of benzene rings is 1. The zero-order chi connectivity index (χ0) is 21.2. The Morgan fingerprint density at radius 3 is 2.38 bits per heavy atom. The molecule has 7 heteroatoms. The van der Waals surface area contributed by atoms with Gasteiger partial charge in [-0.15, -0.1) is 0 Å². The van der Waals surface area contributed by atoms with Gasteiger partial charge in [-0.1, -0.05) is 32.0 Å². The average Bonchev–Trinajstić information content (AvgIpc) is 2.72. The van der Waals surface area contributed by atoms with Crippen LogP contribution in [0, 0.1) is 11.8 Å². The van der Waals surface area contributed by atoms with Crippen LogP contribution in [0.15, 0.2) is 30.3 Å². The van der Waals surface area contributed by atoms with Crippen LogP contribution < -0.4 is 10.6 Å². The van der Waals surface area contributed by atoms with Crippen molar-refractivity contribution < 1.29 is 19.1 Å². The molecule has 0 unspecified atom stereocenters. The van der Waals surface area contributed by atoms with E-state index in [1.165, 1.54) is 0 Å². The maximum atomic E-state index is 12.8. The highest BCUT2D eigenvalue weighted by molar-refractivity contribution is 5.97. The fourth-order valence-corrected chi connectivity index (χ4v) is 3.56. The smallest absolute Gasteiger partial charge is 0.251 e. The van der Waals surface area contributed by atoms with Gasteiger partial charge in [0.15, 0.2) is 0 Å². The number of hydrogen-bond donors (Lipinski definition) is 2. The molecule has 160 valence electrons. The number of piperidine rings is 1. The molecule has 0 saturated carbocycles. The van der Waals surface area contributed by atoms with Gasteiger partial charge in [-0.25, -0.2) is 0 Å². The van der Waals surface area contributed by atoms with Crippen molar-refractivity contribution in [2.24, 2.45) is 11.8 Å². The van der Waals surface area contributed by atoms with Crippen LogP contribution in [0.3, 0.4) is 0 Å². The summed E-state index contributed by atoms with van der Waals surface area (Å²) in [6.07, 6.45) is 1.90. The van der Waals surface area contributed by atoms with Crippen molar-refractivity contribution in [3.8, 4) is 0 Å². The predicted octanol–water partition coefficient (Wildman–Crippen LogP) is 1.83. The van der Waals surface area contributed by atoms with E-state index in [1.807, 2.05) is 24.8 Å². The van der Waals surface area contributed by atoms with Gasteiger partial charge in [-0.05, 0) is 36.8 Å². The minimum atomic E-state index is -0.637. The Balaban J connectivity index is 2.02. The standard InChI is InChI=1S/C22H33N3O4/c1-16(2)15-19(26)25-12-9-17(10-13-25)20(22(28)23-11-14-29-3)24-21(27)18-7-5-4-6-8-18/h4-8,16-17,20H,9-15H2,1-3H3,(H,23,28)(H,24,27)/t20-/m1/s1. The molecule has 0 radical (unpaired) electrons. The Kier molecular flexibility index (Phi) is 9.12. The zero-order valence-corrected chi connectivity index (χ0v) is 17.6. The molecule has 0 aromatic heterocycles. The van der Waals surface area contributed by atoms with Gasteiger partial charge in [0.1, 0.15) is 6.04 Å². The van der Waals surface area contributed by atoms with E-state index in [4.69, 9.17) is 4.74 Å². The molecule has 1 saturated heterocycles. The van der Waals surface area contributed by atoms with Gasteiger partial charge in [0.25, 0.3) is 5.91 Å². The average molecular weight is 404 g/mol. The van der Waals surface area contributed by atoms with E-state index in [2.05, 4.69) is 10.6 Å². The van der Waals surface area contributed by atoms with E-state index in [0.717, 1.165) is 0 Å². The fourth-order valence-electron chi connectivity index (χ4n) is 3.56. The first kappa shape index (κ1) is 22.9. The third-order valence-corrected chi connectivity index (χ3v) is 5.16. The first-order chi connectivity index (χ1) is 13.9. The van der Waals surface area contributed by atoms with Crippen LogP contribution >= 0.6 is 0 Å². The molecule has 7 nitrogen and oxygen atoms in total. The van der Waals surface area contributed by atoms with Crippen molar-refractivity contribution in [2.75, 3.05) is 33.4 Å². The van der Waals surface area contributed by atoms with Crippen LogP contribution in [0.5, 0.6) is 0 Å². The van der Waals surface area contributed by atoms with E-state index in [9.17, 15) is 14.4 Å². The molecule has 0 spiro atoms. The molecule has 29 heavy (non-hydrogen) atoms. The first-order valence-electron chi connectivity index (χ1n) is 10.3. The minimum absolute atomic E-state index is 0.0201. The summed E-state index contributed by atoms with van der Waals surface area (Å²) < 4.78 is 4.99. The van der Waals surface area contributed by atoms with Gasteiger partial charge in [0.2, 0.25) is 11.8 Å². The molecular weight excluding hydrogens is 370 g/mol. The van der Waals surface area contributed by atoms with Crippen LogP contribution in [0.1, 0.15) is 43.5 Å². The van der Waals surface area contributed by atoms with Gasteiger partial charge in [-0.3, -0.25) is 14.4 Å². The van der Waals surface area contributed by atoms with Gasteiger partial charge >= 0.3 is 0 Å². The maximum Gasteiger partial charge on any atom is 0.251 e. The largest absolute Gasteiger partial charge is 0.383 e. The topological polar surface area (TPSA) is 87.7 Å². The van der Waals surface area contributed by atoms with Crippen molar-refractivity contribution in [3.63, 3.8) is 0 Å². The summed E-state index contributed by atoms with van der Waals surface area (Å²) in [6.45, 7) is 6.08. The molecule has 0 aliphatic carbocycles. The number of ether oxygens (including phenoxy) is 1. The lowest BCUT2D eigenvalue weighted by atomic mass is 9.88. The molecule has 1 aliphatic heterocycles. The Morgan fingerprint density at radius 1 is 1.14 bits per heavy atom. The highest BCUT2D eigenvalue weighted by atomic mass is 16.5. The summed E-state index contributed by atoms with van der Waals surface area (Å²) in [6, 6.07) is 8.24. The normalized spacial score (nSPS) is 15.8. The number of carbonyl (C=O) groups excluding carboxylic acids is 3. The van der Waals surface area contributed by atoms with E-state index >= 15 is 0 Å². The molecule has 1 atom stereocenters. The van der Waals surface area contributed by atoms with E-state index in [1.54, 1.807) is 31.4 Å². The molecule has 1 aliphatic rings. The first-order valence-corrected chi connectivity index (χ1v) is 10.3. The third-order valence-electron chi connectivity index (χ3n) is 5.16. The van der Waals surface area contributed by atoms with E-state index < -0.39 is 6.04 Å². The number of nitrogens with one attached hydrogen (secondary N) is 2. The monoisotopic (exact) mass is 403 g/mol. The Hall–Kier alpha value is -2.41. The van der Waals surface area contributed by atoms with Crippen LogP contribution in [0.4, 0.5) is 0 Å². The number of amides is 3. The molecule has 3 amide bonds. The van der Waals surface area contributed by atoms with Crippen LogP contribution in [-0.2, 0) is 14.3 Å². The number of rotatable bonds is 9. The number of likely N-dealkylation sites (tertiary alicyclic amines) is 1. The summed E-state index contributed by atoms with van der Waals surface area (Å²) in [4.78, 5) is 39.6. The Bertz CT molecular complexity index is 670. The second-order valence-electron chi connectivity index (χ2n) is 7.92. The van der Waals surface area contributed by atoms with Crippen molar-refractivity contribution in [1.29, 1.82) is 0 Å². The number of methoxy groups -OCH3 is 1. The van der Waals surface area contributed by atoms with Gasteiger partial charge < -0.3 is 20.3 Å². The van der Waals surface area contributed by atoms with E-state index in [0.29, 0.717) is 57.0 Å². The number of hydrogen-bond acceptors (Lipinski definition) is 4. The molecule has 1 heterocycles. The lowest BCUT2D eigenvalue weighted by Gasteiger charge is -2.36. The fraction of sp³-hybridized carbons (Fsp3) is 0.591. The van der Waals surface area contributed by atoms with Gasteiger partial charge in [-0.2, -0.15) is 0 Å². The SMILES string of the molecule is COCCNC(=O)[C@H](NC(=O)c1ccccc1)C1CCN(C(=O)CC(C)C)CC1. The van der Waals surface area contributed by atoms with Crippen molar-refractivity contribution in [2.45, 2.75) is 39.2 Å². The summed E-state index contributed by atoms with van der Waals surface area (Å²) in [7, 11) is 1.57. The highest BCUT2D eigenvalue weighted by Crippen LogP contribution is 2.22. The Morgan fingerprint density at radius 2 is 1.79 bits per heavy atom. The van der Waals surface area contributed by atoms with Crippen LogP contribution in [-0.4, -0.2) is 62.0 Å². The minimum Gasteiger partial charge on any atom is -0.383 e. The molecule has 1 aromatic rings. The Labute approximate surface area is 173 Å². The lowest BCUT2D eigenvalue weighted by molar-refractivity contribution is -0.133.